The van der Waals surface area contributed by atoms with Crippen molar-refractivity contribution in [1.82, 2.24) is 14.8 Å². The maximum absolute atomic E-state index is 12.5. The summed E-state index contributed by atoms with van der Waals surface area (Å²) in [7, 11) is 1.90. The lowest BCUT2D eigenvalue weighted by Gasteiger charge is -2.04. The molecule has 3 heterocycles. The average Bonchev–Trinajstić information content (AvgIpc) is 3.36. The molecule has 1 aliphatic carbocycles. The van der Waals surface area contributed by atoms with Crippen LogP contribution in [0.4, 0.5) is 5.00 Å². The van der Waals surface area contributed by atoms with Gasteiger partial charge in [0.25, 0.3) is 0 Å². The molecular weight excluding hydrogens is 410 g/mol. The van der Waals surface area contributed by atoms with Crippen LogP contribution in [0.15, 0.2) is 22.7 Å². The van der Waals surface area contributed by atoms with Gasteiger partial charge in [-0.3, -0.25) is 4.79 Å². The molecule has 4 rings (SSSR count). The van der Waals surface area contributed by atoms with Gasteiger partial charge in [-0.25, -0.2) is 0 Å². The Bertz CT molecular complexity index is 1030. The van der Waals surface area contributed by atoms with Crippen molar-refractivity contribution in [2.75, 3.05) is 11.1 Å². The number of aromatic nitrogens is 3. The summed E-state index contributed by atoms with van der Waals surface area (Å²) in [6.07, 6.45) is 5.41. The summed E-state index contributed by atoms with van der Waals surface area (Å²) < 4.78 is 1.90. The molecule has 0 radical (unpaired) electrons. The molecule has 0 saturated carbocycles. The summed E-state index contributed by atoms with van der Waals surface area (Å²) in [5, 5.41) is 24.3. The number of nitrogens with zero attached hydrogens (tertiary/aromatic N) is 4. The first-order chi connectivity index (χ1) is 13.7. The fourth-order valence-electron chi connectivity index (χ4n) is 3.30. The van der Waals surface area contributed by atoms with Gasteiger partial charge in [-0.2, -0.15) is 5.26 Å². The molecule has 0 bridgehead atoms. The number of anilines is 1. The number of amides is 1. The van der Waals surface area contributed by atoms with E-state index in [4.69, 9.17) is 0 Å². The van der Waals surface area contributed by atoms with E-state index in [0.717, 1.165) is 41.9 Å². The molecule has 9 heteroatoms. The number of hydrogen-bond donors (Lipinski definition) is 1. The Balaban J connectivity index is 1.43. The minimum atomic E-state index is -0.126. The molecule has 1 amide bonds. The van der Waals surface area contributed by atoms with Crippen LogP contribution in [0.1, 0.15) is 35.3 Å². The largest absolute Gasteiger partial charge is 0.316 e. The molecule has 3 aromatic heterocycles. The monoisotopic (exact) mass is 429 g/mol. The lowest BCUT2D eigenvalue weighted by Crippen LogP contribution is -2.14. The minimum Gasteiger partial charge on any atom is -0.316 e. The second-order valence-electron chi connectivity index (χ2n) is 6.56. The van der Waals surface area contributed by atoms with Gasteiger partial charge in [-0.1, -0.05) is 24.2 Å². The van der Waals surface area contributed by atoms with Gasteiger partial charge in [0, 0.05) is 11.9 Å². The number of fused-ring (bicyclic) bond motifs is 1. The quantitative estimate of drug-likeness (QED) is 0.478. The van der Waals surface area contributed by atoms with Crippen molar-refractivity contribution in [2.24, 2.45) is 7.05 Å². The van der Waals surface area contributed by atoms with E-state index in [9.17, 15) is 10.1 Å². The first kappa shape index (κ1) is 19.2. The third-order valence-corrected chi connectivity index (χ3v) is 7.79. The van der Waals surface area contributed by atoms with Crippen molar-refractivity contribution in [2.45, 2.75) is 37.3 Å². The molecule has 1 N–H and O–H groups in total. The SMILES string of the molecule is Cn1c(SCC(=O)Nc2sc3c(c2C#N)CCCCC3)nnc1-c1cccs1. The summed E-state index contributed by atoms with van der Waals surface area (Å²) in [6.45, 7) is 0. The first-order valence-corrected chi connectivity index (χ1v) is 11.8. The number of carbonyl (C=O) groups is 1. The minimum absolute atomic E-state index is 0.126. The third-order valence-electron chi connectivity index (χ3n) is 4.69. The van der Waals surface area contributed by atoms with E-state index in [1.54, 1.807) is 22.7 Å². The number of nitriles is 1. The number of thioether (sulfide) groups is 1. The Morgan fingerprint density at radius 3 is 3.00 bits per heavy atom. The lowest BCUT2D eigenvalue weighted by atomic mass is 10.1. The summed E-state index contributed by atoms with van der Waals surface area (Å²) in [5.74, 6) is 0.898. The zero-order chi connectivity index (χ0) is 19.5. The second-order valence-corrected chi connectivity index (χ2v) is 9.56. The Hall–Kier alpha value is -2.15. The molecular formula is C19H19N5OS3. The highest BCUT2D eigenvalue weighted by molar-refractivity contribution is 7.99. The molecule has 0 saturated heterocycles. The molecule has 0 aliphatic heterocycles. The fourth-order valence-corrected chi connectivity index (χ4v) is 6.01. The maximum Gasteiger partial charge on any atom is 0.235 e. The highest BCUT2D eigenvalue weighted by atomic mass is 32.2. The summed E-state index contributed by atoms with van der Waals surface area (Å²) in [4.78, 5) is 14.8. The van der Waals surface area contributed by atoms with Gasteiger partial charge in [0.2, 0.25) is 5.91 Å². The number of thiophene rings is 2. The van der Waals surface area contributed by atoms with Crippen LogP contribution in [-0.4, -0.2) is 26.4 Å². The van der Waals surface area contributed by atoms with Gasteiger partial charge in [-0.15, -0.1) is 32.9 Å². The Labute approximate surface area is 175 Å². The molecule has 0 aromatic carbocycles. The molecule has 0 atom stereocenters. The number of carbonyl (C=O) groups excluding carboxylic acids is 1. The normalized spacial score (nSPS) is 13.6. The zero-order valence-electron chi connectivity index (χ0n) is 15.4. The summed E-state index contributed by atoms with van der Waals surface area (Å²) in [6, 6.07) is 6.28. The number of hydrogen-bond acceptors (Lipinski definition) is 7. The Kier molecular flexibility index (Phi) is 5.80. The van der Waals surface area contributed by atoms with Crippen LogP contribution in [0, 0.1) is 11.3 Å². The molecule has 28 heavy (non-hydrogen) atoms. The summed E-state index contributed by atoms with van der Waals surface area (Å²) in [5.41, 5.74) is 1.79. The Morgan fingerprint density at radius 2 is 2.21 bits per heavy atom. The van der Waals surface area contributed by atoms with Crippen LogP contribution < -0.4 is 5.32 Å². The topological polar surface area (TPSA) is 83.6 Å². The van der Waals surface area contributed by atoms with Crippen molar-refractivity contribution >= 4 is 45.3 Å². The van der Waals surface area contributed by atoms with E-state index in [-0.39, 0.29) is 11.7 Å². The predicted octanol–water partition coefficient (Wildman–Crippen LogP) is 4.48. The zero-order valence-corrected chi connectivity index (χ0v) is 17.8. The average molecular weight is 430 g/mol. The highest BCUT2D eigenvalue weighted by Gasteiger charge is 2.21. The molecule has 1 aliphatic rings. The molecule has 6 nitrogen and oxygen atoms in total. The van der Waals surface area contributed by atoms with Crippen LogP contribution in [0.2, 0.25) is 0 Å². The Morgan fingerprint density at radius 1 is 1.36 bits per heavy atom. The van der Waals surface area contributed by atoms with Crippen LogP contribution in [0.5, 0.6) is 0 Å². The first-order valence-electron chi connectivity index (χ1n) is 9.08. The number of nitrogens with one attached hydrogen (secondary N) is 1. The number of rotatable bonds is 5. The van der Waals surface area contributed by atoms with E-state index in [0.29, 0.717) is 15.7 Å². The van der Waals surface area contributed by atoms with Crippen LogP contribution in [-0.2, 0) is 24.7 Å². The number of aryl methyl sites for hydroxylation is 1. The van der Waals surface area contributed by atoms with E-state index >= 15 is 0 Å². The molecule has 0 fully saturated rings. The smallest absolute Gasteiger partial charge is 0.235 e. The van der Waals surface area contributed by atoms with Crippen molar-refractivity contribution in [1.29, 1.82) is 5.26 Å². The molecule has 0 spiro atoms. The van der Waals surface area contributed by atoms with E-state index in [1.807, 2.05) is 29.1 Å². The molecule has 0 unspecified atom stereocenters. The van der Waals surface area contributed by atoms with Crippen LogP contribution >= 0.6 is 34.4 Å². The second kappa shape index (κ2) is 8.47. The van der Waals surface area contributed by atoms with Crippen LogP contribution in [0.25, 0.3) is 10.7 Å². The van der Waals surface area contributed by atoms with Crippen molar-refractivity contribution in [3.05, 3.63) is 33.5 Å². The van der Waals surface area contributed by atoms with Gasteiger partial charge in [0.05, 0.1) is 16.2 Å². The van der Waals surface area contributed by atoms with Gasteiger partial charge in [-0.05, 0) is 42.7 Å². The summed E-state index contributed by atoms with van der Waals surface area (Å²) >= 11 is 4.51. The van der Waals surface area contributed by atoms with Gasteiger partial charge in [0.15, 0.2) is 11.0 Å². The lowest BCUT2D eigenvalue weighted by molar-refractivity contribution is -0.113. The predicted molar refractivity (Wildman–Crippen MR) is 114 cm³/mol. The fraction of sp³-hybridized carbons (Fsp3) is 0.368. The van der Waals surface area contributed by atoms with E-state index in [2.05, 4.69) is 21.6 Å². The molecule has 3 aromatic rings. The van der Waals surface area contributed by atoms with Crippen molar-refractivity contribution in [3.8, 4) is 16.8 Å². The van der Waals surface area contributed by atoms with Gasteiger partial charge < -0.3 is 9.88 Å². The van der Waals surface area contributed by atoms with Gasteiger partial charge in [0.1, 0.15) is 11.1 Å². The maximum atomic E-state index is 12.5. The van der Waals surface area contributed by atoms with E-state index < -0.39 is 0 Å². The van der Waals surface area contributed by atoms with E-state index in [1.165, 1.54) is 23.1 Å². The third kappa shape index (κ3) is 3.85. The van der Waals surface area contributed by atoms with Crippen LogP contribution in [0.3, 0.4) is 0 Å². The highest BCUT2D eigenvalue weighted by Crippen LogP contribution is 2.37. The molecule has 144 valence electrons. The van der Waals surface area contributed by atoms with Crippen molar-refractivity contribution < 1.29 is 4.79 Å². The standard InChI is InChI=1S/C19H19N5OS3/c1-24-17(15-8-5-9-26-15)22-23-19(24)27-11-16(25)21-18-13(10-20)12-6-3-2-4-7-14(12)28-18/h5,8-9H,2-4,6-7,11H2,1H3,(H,21,25). The van der Waals surface area contributed by atoms with Gasteiger partial charge >= 0.3 is 0 Å². The van der Waals surface area contributed by atoms with Crippen molar-refractivity contribution in [3.63, 3.8) is 0 Å².